The van der Waals surface area contributed by atoms with E-state index in [9.17, 15) is 19.2 Å². The zero-order chi connectivity index (χ0) is 29.9. The number of halogens is 2. The predicted octanol–water partition coefficient (Wildman–Crippen LogP) is 2.55. The molecular formula is C29H29Cl2N7O4. The molecule has 0 saturated carbocycles. The zero-order valence-electron chi connectivity index (χ0n) is 23.4. The van der Waals surface area contributed by atoms with Gasteiger partial charge in [0.05, 0.1) is 24.7 Å². The van der Waals surface area contributed by atoms with Crippen molar-refractivity contribution in [2.45, 2.75) is 25.9 Å². The van der Waals surface area contributed by atoms with Crippen molar-refractivity contribution in [3.63, 3.8) is 0 Å². The van der Waals surface area contributed by atoms with Gasteiger partial charge in [-0.25, -0.2) is 9.69 Å². The number of hydrogen-bond donors (Lipinski definition) is 0. The summed E-state index contributed by atoms with van der Waals surface area (Å²) in [4.78, 5) is 62.6. The Morgan fingerprint density at radius 3 is 2.29 bits per heavy atom. The maximum Gasteiger partial charge on any atom is 0.332 e. The van der Waals surface area contributed by atoms with Gasteiger partial charge in [-0.1, -0.05) is 47.5 Å². The molecule has 13 heteroatoms. The van der Waals surface area contributed by atoms with Gasteiger partial charge in [-0.2, -0.15) is 4.98 Å². The van der Waals surface area contributed by atoms with Crippen LogP contribution in [0.3, 0.4) is 0 Å². The van der Waals surface area contributed by atoms with Crippen LogP contribution >= 0.6 is 23.2 Å². The first kappa shape index (κ1) is 28.2. The van der Waals surface area contributed by atoms with Crippen LogP contribution in [0.2, 0.25) is 10.0 Å². The highest BCUT2D eigenvalue weighted by Gasteiger charge is 2.44. The Bertz CT molecular complexity index is 1870. The number of imide groups is 1. The maximum absolute atomic E-state index is 13.5. The quantitative estimate of drug-likeness (QED) is 0.320. The second kappa shape index (κ2) is 10.7. The number of anilines is 2. The van der Waals surface area contributed by atoms with E-state index >= 15 is 0 Å². The fourth-order valence-corrected chi connectivity index (χ4v) is 6.21. The van der Waals surface area contributed by atoms with E-state index in [-0.39, 0.29) is 30.4 Å². The molecular weight excluding hydrogens is 581 g/mol. The number of imidazole rings is 1. The van der Waals surface area contributed by atoms with Gasteiger partial charge in [-0.15, -0.1) is 0 Å². The molecule has 0 N–H and O–H groups in total. The number of nitrogens with zero attached hydrogens (tertiary/aromatic N) is 7. The molecule has 0 bridgehead atoms. The number of piperazine rings is 1. The molecule has 2 aliphatic rings. The lowest BCUT2D eigenvalue weighted by molar-refractivity contribution is -0.123. The molecule has 1 atom stereocenters. The highest BCUT2D eigenvalue weighted by atomic mass is 35.5. The highest BCUT2D eigenvalue weighted by molar-refractivity contribution is 6.32. The Kier molecular flexibility index (Phi) is 7.20. The normalized spacial score (nSPS) is 18.1. The van der Waals surface area contributed by atoms with Crippen LogP contribution in [0.4, 0.5) is 11.6 Å². The van der Waals surface area contributed by atoms with Gasteiger partial charge >= 0.3 is 5.69 Å². The lowest BCUT2D eigenvalue weighted by Gasteiger charge is -2.37. The van der Waals surface area contributed by atoms with Crippen molar-refractivity contribution in [3.8, 4) is 0 Å². The van der Waals surface area contributed by atoms with Gasteiger partial charge in [0.2, 0.25) is 11.9 Å². The largest absolute Gasteiger partial charge is 0.340 e. The summed E-state index contributed by atoms with van der Waals surface area (Å²) >= 11 is 12.8. The van der Waals surface area contributed by atoms with Crippen LogP contribution in [0.5, 0.6) is 0 Å². The van der Waals surface area contributed by atoms with Gasteiger partial charge in [-0.05, 0) is 36.2 Å². The Morgan fingerprint density at radius 1 is 0.881 bits per heavy atom. The molecule has 11 nitrogen and oxygen atoms in total. The number of fused-ring (bicyclic) bond motifs is 1. The number of rotatable bonds is 5. The Morgan fingerprint density at radius 2 is 1.57 bits per heavy atom. The molecule has 1 unspecified atom stereocenters. The van der Waals surface area contributed by atoms with E-state index < -0.39 is 17.3 Å². The third kappa shape index (κ3) is 4.52. The lowest BCUT2D eigenvalue weighted by Crippen LogP contribution is -2.53. The average Bonchev–Trinajstić information content (AvgIpc) is 3.50. The Labute approximate surface area is 251 Å². The van der Waals surface area contributed by atoms with Crippen LogP contribution in [0, 0.1) is 6.92 Å². The average molecular weight is 611 g/mol. The number of carbonyl (C=O) groups is 2. The minimum absolute atomic E-state index is 0.0912. The molecule has 0 aliphatic carbocycles. The van der Waals surface area contributed by atoms with Crippen molar-refractivity contribution < 1.29 is 9.59 Å². The molecule has 2 saturated heterocycles. The van der Waals surface area contributed by atoms with Gasteiger partial charge < -0.3 is 4.90 Å². The number of aromatic nitrogens is 4. The predicted molar refractivity (Wildman–Crippen MR) is 162 cm³/mol. The van der Waals surface area contributed by atoms with Crippen molar-refractivity contribution >= 4 is 57.8 Å². The SMILES string of the molecule is Cc1c(Cl)cccc1N1C(=O)CC(N2CCN(c3nc4c(c(=O)n(C)c(=O)n4C)n3Cc3ccccc3Cl)CC2)C1=O. The molecule has 218 valence electrons. The molecule has 4 aromatic rings. The molecule has 2 amide bonds. The second-order valence-electron chi connectivity index (χ2n) is 10.7. The highest BCUT2D eigenvalue weighted by Crippen LogP contribution is 2.32. The van der Waals surface area contributed by atoms with E-state index in [0.29, 0.717) is 58.9 Å². The molecule has 2 aromatic carbocycles. The van der Waals surface area contributed by atoms with Crippen molar-refractivity contribution in [2.75, 3.05) is 36.0 Å². The van der Waals surface area contributed by atoms with Crippen molar-refractivity contribution in [1.29, 1.82) is 0 Å². The summed E-state index contributed by atoms with van der Waals surface area (Å²) in [6.45, 7) is 4.06. The van der Waals surface area contributed by atoms with Gasteiger partial charge in [0.1, 0.15) is 0 Å². The first-order valence-corrected chi connectivity index (χ1v) is 14.3. The van der Waals surface area contributed by atoms with Crippen molar-refractivity contribution in [3.05, 3.63) is 84.5 Å². The third-order valence-corrected chi connectivity index (χ3v) is 9.03. The molecule has 0 spiro atoms. The van der Waals surface area contributed by atoms with E-state index in [1.807, 2.05) is 32.6 Å². The molecule has 2 fully saturated rings. The van der Waals surface area contributed by atoms with E-state index in [0.717, 1.165) is 10.1 Å². The second-order valence-corrected chi connectivity index (χ2v) is 11.5. The number of amides is 2. The number of benzene rings is 2. The molecule has 42 heavy (non-hydrogen) atoms. The van der Waals surface area contributed by atoms with E-state index in [1.54, 1.807) is 38.2 Å². The van der Waals surface area contributed by atoms with Crippen molar-refractivity contribution in [2.24, 2.45) is 14.1 Å². The first-order valence-electron chi connectivity index (χ1n) is 13.6. The Hall–Kier alpha value is -3.93. The van der Waals surface area contributed by atoms with Crippen LogP contribution < -0.4 is 21.0 Å². The summed E-state index contributed by atoms with van der Waals surface area (Å²) in [6, 6.07) is 12.0. The number of hydrogen-bond acceptors (Lipinski definition) is 7. The first-order chi connectivity index (χ1) is 20.1. The van der Waals surface area contributed by atoms with Gasteiger partial charge in [0.25, 0.3) is 11.5 Å². The lowest BCUT2D eigenvalue weighted by atomic mass is 10.1. The van der Waals surface area contributed by atoms with Gasteiger partial charge in [0, 0.05) is 50.3 Å². The zero-order valence-corrected chi connectivity index (χ0v) is 24.9. The monoisotopic (exact) mass is 609 g/mol. The molecule has 4 heterocycles. The van der Waals surface area contributed by atoms with E-state index in [2.05, 4.69) is 0 Å². The minimum atomic E-state index is -0.576. The molecule has 6 rings (SSSR count). The fraction of sp³-hybridized carbons (Fsp3) is 0.345. The maximum atomic E-state index is 13.5. The minimum Gasteiger partial charge on any atom is -0.340 e. The summed E-state index contributed by atoms with van der Waals surface area (Å²) in [6.07, 6.45) is 0.0912. The van der Waals surface area contributed by atoms with Crippen LogP contribution in [0.15, 0.2) is 52.1 Å². The van der Waals surface area contributed by atoms with Crippen molar-refractivity contribution in [1.82, 2.24) is 23.6 Å². The third-order valence-electron chi connectivity index (χ3n) is 8.25. The van der Waals surface area contributed by atoms with Gasteiger partial charge in [-0.3, -0.25) is 33.0 Å². The van der Waals surface area contributed by atoms with E-state index in [1.165, 1.54) is 16.5 Å². The summed E-state index contributed by atoms with van der Waals surface area (Å²) in [5.41, 5.74) is 1.70. The standard InChI is InChI=1S/C29H29Cl2N7O4/c1-17-19(30)9-6-10-21(17)38-23(39)15-22(26(38)40)35-11-13-36(14-12-35)28-32-25-24(27(41)34(3)29(42)33(25)2)37(28)16-18-7-4-5-8-20(18)31/h4-10,22H,11-16H2,1-3H3. The summed E-state index contributed by atoms with van der Waals surface area (Å²) in [5, 5.41) is 1.05. The van der Waals surface area contributed by atoms with Crippen LogP contribution in [-0.2, 0) is 30.2 Å². The number of aryl methyl sites for hydroxylation is 1. The molecule has 2 aliphatic heterocycles. The Balaban J connectivity index is 1.30. The summed E-state index contributed by atoms with van der Waals surface area (Å²) in [5.74, 6) is 0.0206. The molecule has 0 radical (unpaired) electrons. The van der Waals surface area contributed by atoms with E-state index in [4.69, 9.17) is 28.2 Å². The fourth-order valence-electron chi connectivity index (χ4n) is 5.85. The summed E-state index contributed by atoms with van der Waals surface area (Å²) in [7, 11) is 3.04. The topological polar surface area (TPSA) is 106 Å². The van der Waals surface area contributed by atoms with Gasteiger partial charge in [0.15, 0.2) is 11.2 Å². The van der Waals surface area contributed by atoms with Crippen LogP contribution in [0.1, 0.15) is 17.5 Å². The smallest absolute Gasteiger partial charge is 0.332 e. The summed E-state index contributed by atoms with van der Waals surface area (Å²) < 4.78 is 4.25. The number of carbonyl (C=O) groups excluding carboxylic acids is 2. The van der Waals surface area contributed by atoms with Crippen LogP contribution in [-0.4, -0.2) is 67.6 Å². The molecule has 2 aromatic heterocycles. The van der Waals surface area contributed by atoms with Crippen LogP contribution in [0.25, 0.3) is 11.2 Å².